The number of hydrogen-bond donors (Lipinski definition) is 2. The molecule has 1 amide bonds. The summed E-state index contributed by atoms with van der Waals surface area (Å²) in [5.41, 5.74) is 1.83. The van der Waals surface area contributed by atoms with Gasteiger partial charge in [-0.15, -0.1) is 0 Å². The summed E-state index contributed by atoms with van der Waals surface area (Å²) in [6, 6.07) is 16.6. The van der Waals surface area contributed by atoms with Gasteiger partial charge < -0.3 is 15.4 Å². The molecule has 0 fully saturated rings. The van der Waals surface area contributed by atoms with Gasteiger partial charge in [-0.05, 0) is 23.8 Å². The molecule has 2 rings (SSSR count). The molecule has 0 saturated heterocycles. The van der Waals surface area contributed by atoms with E-state index in [1.54, 1.807) is 19.2 Å². The fourth-order valence-electron chi connectivity index (χ4n) is 2.14. The molecule has 0 aliphatic carbocycles. The third-order valence-electron chi connectivity index (χ3n) is 3.46. The molecule has 25 heavy (non-hydrogen) atoms. The quantitative estimate of drug-likeness (QED) is 0.591. The molecular formula is C19H18ClN3O2. The monoisotopic (exact) mass is 355 g/mol. The minimum absolute atomic E-state index is 0.00358. The van der Waals surface area contributed by atoms with Gasteiger partial charge in [0.1, 0.15) is 17.4 Å². The van der Waals surface area contributed by atoms with Crippen LogP contribution in [0.2, 0.25) is 5.02 Å². The molecule has 5 nitrogen and oxygen atoms in total. The van der Waals surface area contributed by atoms with E-state index in [-0.39, 0.29) is 5.57 Å². The fraction of sp³-hybridized carbons (Fsp3) is 0.158. The first kappa shape index (κ1) is 18.4. The Hall–Kier alpha value is -2.97. The van der Waals surface area contributed by atoms with Crippen LogP contribution in [-0.4, -0.2) is 13.0 Å². The SMILES string of the molecule is COc1ccccc1CN/C=C(/C#N)C(=O)NCc1ccc(Cl)cc1. The maximum Gasteiger partial charge on any atom is 0.263 e. The first-order valence-electron chi connectivity index (χ1n) is 7.62. The molecule has 0 aliphatic rings. The van der Waals surface area contributed by atoms with Crippen LogP contribution < -0.4 is 15.4 Å². The van der Waals surface area contributed by atoms with Crippen LogP contribution in [0.15, 0.2) is 60.3 Å². The van der Waals surface area contributed by atoms with Gasteiger partial charge in [0.25, 0.3) is 5.91 Å². The van der Waals surface area contributed by atoms with Crippen LogP contribution in [0.25, 0.3) is 0 Å². The molecule has 2 N–H and O–H groups in total. The Balaban J connectivity index is 1.91. The lowest BCUT2D eigenvalue weighted by Gasteiger charge is -2.08. The number of nitrogens with zero attached hydrogens (tertiary/aromatic N) is 1. The minimum Gasteiger partial charge on any atom is -0.496 e. The Morgan fingerprint density at radius 2 is 1.92 bits per heavy atom. The molecule has 0 radical (unpaired) electrons. The number of amides is 1. The topological polar surface area (TPSA) is 74.1 Å². The van der Waals surface area contributed by atoms with Crippen LogP contribution in [0, 0.1) is 11.3 Å². The first-order chi connectivity index (χ1) is 12.1. The normalized spacial score (nSPS) is 10.7. The Labute approximate surface area is 151 Å². The Morgan fingerprint density at radius 1 is 1.20 bits per heavy atom. The smallest absolute Gasteiger partial charge is 0.263 e. The second-order valence-corrected chi connectivity index (χ2v) is 5.61. The van der Waals surface area contributed by atoms with Crippen molar-refractivity contribution in [3.05, 3.63) is 76.5 Å². The van der Waals surface area contributed by atoms with Crippen molar-refractivity contribution in [2.75, 3.05) is 7.11 Å². The highest BCUT2D eigenvalue weighted by Gasteiger charge is 2.08. The van der Waals surface area contributed by atoms with E-state index in [9.17, 15) is 4.79 Å². The maximum absolute atomic E-state index is 12.1. The summed E-state index contributed by atoms with van der Waals surface area (Å²) in [7, 11) is 1.60. The third kappa shape index (κ3) is 5.55. The molecule has 6 heteroatoms. The van der Waals surface area contributed by atoms with Crippen LogP contribution in [0.3, 0.4) is 0 Å². The second kappa shape index (κ2) is 9.36. The second-order valence-electron chi connectivity index (χ2n) is 5.17. The van der Waals surface area contributed by atoms with Gasteiger partial charge in [0.15, 0.2) is 0 Å². The van der Waals surface area contributed by atoms with Crippen molar-refractivity contribution in [2.24, 2.45) is 0 Å². The van der Waals surface area contributed by atoms with Crippen LogP contribution in [-0.2, 0) is 17.9 Å². The van der Waals surface area contributed by atoms with Crippen molar-refractivity contribution >= 4 is 17.5 Å². The maximum atomic E-state index is 12.1. The van der Waals surface area contributed by atoms with Crippen molar-refractivity contribution in [1.29, 1.82) is 5.26 Å². The van der Waals surface area contributed by atoms with E-state index in [1.807, 2.05) is 42.5 Å². The molecule has 2 aromatic rings. The molecule has 0 unspecified atom stereocenters. The average Bonchev–Trinajstić information content (AvgIpc) is 2.65. The predicted octanol–water partition coefficient (Wildman–Crippen LogP) is 3.16. The summed E-state index contributed by atoms with van der Waals surface area (Å²) in [6.07, 6.45) is 1.41. The number of halogens is 1. The highest BCUT2D eigenvalue weighted by Crippen LogP contribution is 2.16. The lowest BCUT2D eigenvalue weighted by Crippen LogP contribution is -2.25. The van der Waals surface area contributed by atoms with E-state index < -0.39 is 5.91 Å². The average molecular weight is 356 g/mol. The number of para-hydroxylation sites is 1. The zero-order valence-electron chi connectivity index (χ0n) is 13.8. The molecule has 0 aromatic heterocycles. The molecule has 0 spiro atoms. The number of hydrogen-bond acceptors (Lipinski definition) is 4. The van der Waals surface area contributed by atoms with Crippen molar-refractivity contribution in [3.63, 3.8) is 0 Å². The van der Waals surface area contributed by atoms with Crippen LogP contribution in [0.1, 0.15) is 11.1 Å². The van der Waals surface area contributed by atoms with E-state index >= 15 is 0 Å². The number of benzene rings is 2. The summed E-state index contributed by atoms with van der Waals surface area (Å²) in [5, 5.41) is 15.5. The summed E-state index contributed by atoms with van der Waals surface area (Å²) >= 11 is 5.82. The van der Waals surface area contributed by atoms with Gasteiger partial charge in [-0.1, -0.05) is 41.9 Å². The summed E-state index contributed by atoms with van der Waals surface area (Å²) in [5.74, 6) is 0.305. The molecule has 0 saturated carbocycles. The van der Waals surface area contributed by atoms with Crippen LogP contribution in [0.5, 0.6) is 5.75 Å². The van der Waals surface area contributed by atoms with Gasteiger partial charge in [0.05, 0.1) is 7.11 Å². The van der Waals surface area contributed by atoms with Crippen molar-refractivity contribution < 1.29 is 9.53 Å². The van der Waals surface area contributed by atoms with Gasteiger partial charge in [0.2, 0.25) is 0 Å². The fourth-order valence-corrected chi connectivity index (χ4v) is 2.27. The van der Waals surface area contributed by atoms with E-state index in [1.165, 1.54) is 6.20 Å². The van der Waals surface area contributed by atoms with E-state index in [4.69, 9.17) is 21.6 Å². The number of nitriles is 1. The lowest BCUT2D eigenvalue weighted by atomic mass is 10.2. The van der Waals surface area contributed by atoms with Gasteiger partial charge in [-0.3, -0.25) is 4.79 Å². The Morgan fingerprint density at radius 3 is 2.60 bits per heavy atom. The number of nitrogens with one attached hydrogen (secondary N) is 2. The minimum atomic E-state index is -0.440. The van der Waals surface area contributed by atoms with E-state index in [0.29, 0.717) is 18.1 Å². The number of ether oxygens (including phenoxy) is 1. The number of rotatable bonds is 7. The molecule has 0 aliphatic heterocycles. The van der Waals surface area contributed by atoms with Gasteiger partial charge in [0, 0.05) is 29.9 Å². The highest BCUT2D eigenvalue weighted by molar-refractivity contribution is 6.30. The number of carbonyl (C=O) groups excluding carboxylic acids is 1. The zero-order chi connectivity index (χ0) is 18.1. The van der Waals surface area contributed by atoms with E-state index in [0.717, 1.165) is 16.9 Å². The van der Waals surface area contributed by atoms with Crippen molar-refractivity contribution in [2.45, 2.75) is 13.1 Å². The van der Waals surface area contributed by atoms with Crippen LogP contribution in [0.4, 0.5) is 0 Å². The van der Waals surface area contributed by atoms with Gasteiger partial charge in [-0.2, -0.15) is 5.26 Å². The summed E-state index contributed by atoms with van der Waals surface area (Å²) in [4.78, 5) is 12.1. The lowest BCUT2D eigenvalue weighted by molar-refractivity contribution is -0.117. The molecule has 0 atom stereocenters. The van der Waals surface area contributed by atoms with Crippen molar-refractivity contribution in [3.8, 4) is 11.8 Å². The Bertz CT molecular complexity index is 795. The molecular weight excluding hydrogens is 338 g/mol. The molecule has 128 valence electrons. The third-order valence-corrected chi connectivity index (χ3v) is 3.71. The van der Waals surface area contributed by atoms with E-state index in [2.05, 4.69) is 10.6 Å². The Kier molecular flexibility index (Phi) is 6.87. The van der Waals surface area contributed by atoms with Gasteiger partial charge in [-0.25, -0.2) is 0 Å². The number of methoxy groups -OCH3 is 1. The number of carbonyl (C=O) groups is 1. The van der Waals surface area contributed by atoms with Gasteiger partial charge >= 0.3 is 0 Å². The molecule has 0 heterocycles. The molecule has 2 aromatic carbocycles. The highest BCUT2D eigenvalue weighted by atomic mass is 35.5. The molecule has 0 bridgehead atoms. The summed E-state index contributed by atoms with van der Waals surface area (Å²) < 4.78 is 5.26. The zero-order valence-corrected chi connectivity index (χ0v) is 14.5. The first-order valence-corrected chi connectivity index (χ1v) is 8.00. The van der Waals surface area contributed by atoms with Crippen molar-refractivity contribution in [1.82, 2.24) is 10.6 Å². The standard InChI is InChI=1S/C19H18ClN3O2/c1-25-18-5-3-2-4-15(18)12-22-13-16(10-21)19(24)23-11-14-6-8-17(20)9-7-14/h2-9,13,22H,11-12H2,1H3,(H,23,24)/b16-13-. The largest absolute Gasteiger partial charge is 0.496 e. The van der Waals surface area contributed by atoms with Crippen LogP contribution >= 0.6 is 11.6 Å². The predicted molar refractivity (Wildman–Crippen MR) is 96.8 cm³/mol. The summed E-state index contributed by atoms with van der Waals surface area (Å²) in [6.45, 7) is 0.765.